The molecule has 124 valence electrons. The first kappa shape index (κ1) is 15.3. The molecule has 0 saturated carbocycles. The number of benzene rings is 2. The Bertz CT molecular complexity index is 986. The summed E-state index contributed by atoms with van der Waals surface area (Å²) in [6, 6.07) is 14.4. The number of carbonyl (C=O) groups is 2. The zero-order valence-electron chi connectivity index (χ0n) is 13.4. The molecule has 2 amide bonds. The van der Waals surface area contributed by atoms with E-state index in [0.717, 1.165) is 16.6 Å². The molecule has 1 atom stereocenters. The van der Waals surface area contributed by atoms with Gasteiger partial charge in [0.2, 0.25) is 5.91 Å². The zero-order chi connectivity index (χ0) is 17.4. The molecule has 1 aliphatic rings. The van der Waals surface area contributed by atoms with E-state index in [2.05, 4.69) is 9.97 Å². The normalized spacial score (nSPS) is 16.5. The SMILES string of the molecule is NC(=O)[C@H]1Cc2ccccc2CN1C(=O)c1cnc2ccccc2n1. The van der Waals surface area contributed by atoms with E-state index in [-0.39, 0.29) is 11.6 Å². The van der Waals surface area contributed by atoms with Crippen LogP contribution in [0.15, 0.2) is 54.7 Å². The number of para-hydroxylation sites is 2. The number of nitrogens with zero attached hydrogens (tertiary/aromatic N) is 3. The molecule has 6 heteroatoms. The van der Waals surface area contributed by atoms with Gasteiger partial charge in [-0.05, 0) is 23.3 Å². The minimum absolute atomic E-state index is 0.212. The number of amides is 2. The van der Waals surface area contributed by atoms with Gasteiger partial charge in [0.05, 0.1) is 17.2 Å². The van der Waals surface area contributed by atoms with Gasteiger partial charge in [-0.1, -0.05) is 36.4 Å². The van der Waals surface area contributed by atoms with Crippen LogP contribution in [0.5, 0.6) is 0 Å². The summed E-state index contributed by atoms with van der Waals surface area (Å²) in [5.74, 6) is -0.854. The maximum absolute atomic E-state index is 13.0. The van der Waals surface area contributed by atoms with Crippen LogP contribution >= 0.6 is 0 Å². The van der Waals surface area contributed by atoms with E-state index < -0.39 is 11.9 Å². The molecule has 2 aromatic carbocycles. The van der Waals surface area contributed by atoms with Crippen molar-refractivity contribution < 1.29 is 9.59 Å². The van der Waals surface area contributed by atoms with Crippen molar-refractivity contribution in [3.05, 3.63) is 71.5 Å². The smallest absolute Gasteiger partial charge is 0.275 e. The van der Waals surface area contributed by atoms with Gasteiger partial charge in [0, 0.05) is 13.0 Å². The Hall–Kier alpha value is -3.28. The van der Waals surface area contributed by atoms with Gasteiger partial charge in [-0.25, -0.2) is 4.98 Å². The summed E-state index contributed by atoms with van der Waals surface area (Å²) in [6.45, 7) is 0.330. The van der Waals surface area contributed by atoms with E-state index in [1.54, 1.807) is 6.07 Å². The maximum atomic E-state index is 13.0. The van der Waals surface area contributed by atoms with Crippen molar-refractivity contribution in [3.8, 4) is 0 Å². The second kappa shape index (κ2) is 5.98. The van der Waals surface area contributed by atoms with E-state index in [0.29, 0.717) is 18.5 Å². The average molecular weight is 332 g/mol. The van der Waals surface area contributed by atoms with Gasteiger partial charge in [0.25, 0.3) is 5.91 Å². The molecular weight excluding hydrogens is 316 g/mol. The van der Waals surface area contributed by atoms with Crippen LogP contribution < -0.4 is 5.73 Å². The molecule has 3 aromatic rings. The lowest BCUT2D eigenvalue weighted by atomic mass is 9.93. The topological polar surface area (TPSA) is 89.2 Å². The molecule has 0 unspecified atom stereocenters. The maximum Gasteiger partial charge on any atom is 0.275 e. The summed E-state index contributed by atoms with van der Waals surface area (Å²) >= 11 is 0. The Morgan fingerprint density at radius 3 is 2.44 bits per heavy atom. The highest BCUT2D eigenvalue weighted by atomic mass is 16.2. The Labute approximate surface area is 144 Å². The molecule has 0 saturated heterocycles. The lowest BCUT2D eigenvalue weighted by Crippen LogP contribution is -2.51. The highest BCUT2D eigenvalue weighted by Gasteiger charge is 2.34. The van der Waals surface area contributed by atoms with Crippen LogP contribution in [0.3, 0.4) is 0 Å². The molecule has 0 bridgehead atoms. The van der Waals surface area contributed by atoms with Crippen LogP contribution in [-0.2, 0) is 17.8 Å². The fraction of sp³-hybridized carbons (Fsp3) is 0.158. The Morgan fingerprint density at radius 2 is 1.68 bits per heavy atom. The number of nitrogens with two attached hydrogens (primary N) is 1. The number of primary amides is 1. The lowest BCUT2D eigenvalue weighted by Gasteiger charge is -2.34. The van der Waals surface area contributed by atoms with Crippen molar-refractivity contribution >= 4 is 22.8 Å². The summed E-state index contributed by atoms with van der Waals surface area (Å²) in [5.41, 5.74) is 9.18. The predicted molar refractivity (Wildman–Crippen MR) is 92.5 cm³/mol. The predicted octanol–water partition coefficient (Wildman–Crippen LogP) is 1.68. The van der Waals surface area contributed by atoms with Crippen molar-refractivity contribution in [2.75, 3.05) is 0 Å². The highest BCUT2D eigenvalue weighted by molar-refractivity contribution is 5.97. The molecule has 2 N–H and O–H groups in total. The summed E-state index contributed by atoms with van der Waals surface area (Å²) in [7, 11) is 0. The molecule has 6 nitrogen and oxygen atoms in total. The van der Waals surface area contributed by atoms with Crippen molar-refractivity contribution in [2.45, 2.75) is 19.0 Å². The van der Waals surface area contributed by atoms with Gasteiger partial charge in [-0.2, -0.15) is 0 Å². The van der Waals surface area contributed by atoms with E-state index >= 15 is 0 Å². The number of carbonyl (C=O) groups excluding carboxylic acids is 2. The van der Waals surface area contributed by atoms with Gasteiger partial charge in [-0.15, -0.1) is 0 Å². The summed E-state index contributed by atoms with van der Waals surface area (Å²) in [6.07, 6.45) is 1.86. The molecule has 25 heavy (non-hydrogen) atoms. The first-order valence-corrected chi connectivity index (χ1v) is 8.02. The minimum Gasteiger partial charge on any atom is -0.368 e. The first-order valence-electron chi connectivity index (χ1n) is 8.02. The molecule has 1 aromatic heterocycles. The molecule has 2 heterocycles. The van der Waals surface area contributed by atoms with Gasteiger partial charge >= 0.3 is 0 Å². The molecule has 1 aliphatic heterocycles. The molecule has 4 rings (SSSR count). The third-order valence-corrected chi connectivity index (χ3v) is 4.51. The fourth-order valence-corrected chi connectivity index (χ4v) is 3.20. The largest absolute Gasteiger partial charge is 0.368 e. The average Bonchev–Trinajstić information content (AvgIpc) is 2.66. The molecule has 0 spiro atoms. The van der Waals surface area contributed by atoms with Crippen LogP contribution in [-0.4, -0.2) is 32.7 Å². The van der Waals surface area contributed by atoms with Gasteiger partial charge < -0.3 is 10.6 Å². The molecule has 0 aliphatic carbocycles. The van der Waals surface area contributed by atoms with Gasteiger partial charge in [0.15, 0.2) is 0 Å². The molecular formula is C19H16N4O2. The lowest BCUT2D eigenvalue weighted by molar-refractivity contribution is -0.122. The highest BCUT2D eigenvalue weighted by Crippen LogP contribution is 2.24. The number of hydrogen-bond acceptors (Lipinski definition) is 4. The fourth-order valence-electron chi connectivity index (χ4n) is 3.20. The van der Waals surface area contributed by atoms with Gasteiger partial charge in [-0.3, -0.25) is 14.6 Å². The summed E-state index contributed by atoms with van der Waals surface area (Å²) < 4.78 is 0. The van der Waals surface area contributed by atoms with Crippen LogP contribution in [0.2, 0.25) is 0 Å². The Kier molecular flexibility index (Phi) is 3.65. The summed E-state index contributed by atoms with van der Waals surface area (Å²) in [4.78, 5) is 35.1. The second-order valence-electron chi connectivity index (χ2n) is 6.07. The Morgan fingerprint density at radius 1 is 1.00 bits per heavy atom. The van der Waals surface area contributed by atoms with Crippen molar-refractivity contribution in [3.63, 3.8) is 0 Å². The quantitative estimate of drug-likeness (QED) is 0.773. The standard InChI is InChI=1S/C19H16N4O2/c20-18(24)17-9-12-5-1-2-6-13(12)11-23(17)19(25)16-10-21-14-7-3-4-8-15(14)22-16/h1-8,10,17H,9,11H2,(H2,20,24)/t17-/m1/s1. The van der Waals surface area contributed by atoms with Crippen LogP contribution in [0.4, 0.5) is 0 Å². The van der Waals surface area contributed by atoms with Crippen LogP contribution in [0.25, 0.3) is 11.0 Å². The van der Waals surface area contributed by atoms with Crippen molar-refractivity contribution in [2.24, 2.45) is 5.73 Å². The minimum atomic E-state index is -0.685. The third-order valence-electron chi connectivity index (χ3n) is 4.51. The van der Waals surface area contributed by atoms with E-state index in [1.807, 2.05) is 42.5 Å². The van der Waals surface area contributed by atoms with E-state index in [4.69, 9.17) is 5.73 Å². The second-order valence-corrected chi connectivity index (χ2v) is 6.07. The van der Waals surface area contributed by atoms with E-state index in [9.17, 15) is 9.59 Å². The van der Waals surface area contributed by atoms with Crippen LogP contribution in [0, 0.1) is 0 Å². The Balaban J connectivity index is 1.72. The molecule has 0 fully saturated rings. The number of fused-ring (bicyclic) bond motifs is 2. The molecule has 0 radical (unpaired) electrons. The number of rotatable bonds is 2. The summed E-state index contributed by atoms with van der Waals surface area (Å²) in [5, 5.41) is 0. The van der Waals surface area contributed by atoms with Crippen molar-refractivity contribution in [1.29, 1.82) is 0 Å². The van der Waals surface area contributed by atoms with E-state index in [1.165, 1.54) is 11.1 Å². The third kappa shape index (κ3) is 2.71. The van der Waals surface area contributed by atoms with Crippen molar-refractivity contribution in [1.82, 2.24) is 14.9 Å². The van der Waals surface area contributed by atoms with Crippen LogP contribution in [0.1, 0.15) is 21.6 Å². The van der Waals surface area contributed by atoms with Gasteiger partial charge in [0.1, 0.15) is 11.7 Å². The first-order chi connectivity index (χ1) is 12.1. The number of aromatic nitrogens is 2. The number of hydrogen-bond donors (Lipinski definition) is 1. The monoisotopic (exact) mass is 332 g/mol. The zero-order valence-corrected chi connectivity index (χ0v) is 13.4.